The highest BCUT2D eigenvalue weighted by atomic mass is 16.3. The van der Waals surface area contributed by atoms with E-state index in [1.165, 1.54) is 6.42 Å². The Morgan fingerprint density at radius 3 is 2.56 bits per heavy atom. The Hall–Kier alpha value is -1.00. The van der Waals surface area contributed by atoms with Crippen LogP contribution in [0.1, 0.15) is 37.9 Å². The Bertz CT molecular complexity index is 309. The lowest BCUT2D eigenvalue weighted by molar-refractivity contribution is 0.00456. The molecule has 0 aliphatic heterocycles. The van der Waals surface area contributed by atoms with E-state index >= 15 is 0 Å². The van der Waals surface area contributed by atoms with Gasteiger partial charge in [0.2, 0.25) is 0 Å². The maximum atomic E-state index is 10.2. The van der Waals surface area contributed by atoms with Crippen LogP contribution >= 0.6 is 0 Å². The lowest BCUT2D eigenvalue weighted by Gasteiger charge is -2.32. The normalized spacial score (nSPS) is 19.6. The maximum absolute atomic E-state index is 10.2. The van der Waals surface area contributed by atoms with Crippen LogP contribution in [0.25, 0.3) is 0 Å². The molecule has 0 atom stereocenters. The van der Waals surface area contributed by atoms with Gasteiger partial charge in [0.1, 0.15) is 5.82 Å². The molecule has 0 saturated heterocycles. The summed E-state index contributed by atoms with van der Waals surface area (Å²) in [5.74, 6) is 0.780. The van der Waals surface area contributed by atoms with Crippen LogP contribution in [-0.2, 0) is 6.54 Å². The summed E-state index contributed by atoms with van der Waals surface area (Å²) in [6.07, 6.45) is 8.83. The molecule has 0 spiro atoms. The number of hydrogen-bond donors (Lipinski definition) is 2. The third-order valence-corrected chi connectivity index (χ3v) is 3.14. The second kappa shape index (κ2) is 5.37. The highest BCUT2D eigenvalue weighted by molar-refractivity contribution is 4.90. The molecular weight excluding hydrogens is 202 g/mol. The third-order valence-electron chi connectivity index (χ3n) is 3.14. The van der Waals surface area contributed by atoms with Crippen molar-refractivity contribution >= 4 is 0 Å². The van der Waals surface area contributed by atoms with Gasteiger partial charge in [-0.2, -0.15) is 0 Å². The molecule has 1 fully saturated rings. The molecule has 1 heterocycles. The van der Waals surface area contributed by atoms with E-state index in [1.807, 2.05) is 0 Å². The summed E-state index contributed by atoms with van der Waals surface area (Å²) >= 11 is 0. The van der Waals surface area contributed by atoms with E-state index in [4.69, 9.17) is 0 Å². The average Bonchev–Trinajstić information content (AvgIpc) is 2.31. The van der Waals surface area contributed by atoms with E-state index in [2.05, 4.69) is 15.3 Å². The van der Waals surface area contributed by atoms with Crippen molar-refractivity contribution in [2.24, 2.45) is 0 Å². The average molecular weight is 221 g/mol. The first-order valence-corrected chi connectivity index (χ1v) is 5.98. The van der Waals surface area contributed by atoms with Gasteiger partial charge in [-0.05, 0) is 18.9 Å². The summed E-state index contributed by atoms with van der Waals surface area (Å²) in [6.45, 7) is 1.27. The van der Waals surface area contributed by atoms with Crippen molar-refractivity contribution < 1.29 is 5.11 Å². The molecule has 1 aromatic rings. The van der Waals surface area contributed by atoms with Crippen LogP contribution in [0, 0.1) is 0 Å². The van der Waals surface area contributed by atoms with Gasteiger partial charge in [0.05, 0.1) is 12.1 Å². The molecule has 88 valence electrons. The van der Waals surface area contributed by atoms with Crippen molar-refractivity contribution in [2.75, 3.05) is 6.54 Å². The van der Waals surface area contributed by atoms with E-state index < -0.39 is 5.60 Å². The first-order valence-electron chi connectivity index (χ1n) is 5.98. The molecule has 0 aromatic carbocycles. The fourth-order valence-electron chi connectivity index (χ4n) is 2.21. The minimum atomic E-state index is -0.507. The quantitative estimate of drug-likeness (QED) is 0.803. The summed E-state index contributed by atoms with van der Waals surface area (Å²) in [7, 11) is 0. The van der Waals surface area contributed by atoms with Gasteiger partial charge in [-0.25, -0.2) is 9.97 Å². The predicted molar refractivity (Wildman–Crippen MR) is 61.8 cm³/mol. The minimum absolute atomic E-state index is 0.507. The van der Waals surface area contributed by atoms with Gasteiger partial charge in [0.15, 0.2) is 0 Å². The van der Waals surface area contributed by atoms with Crippen LogP contribution in [0.15, 0.2) is 18.5 Å². The second-order valence-electron chi connectivity index (χ2n) is 4.55. The molecule has 0 unspecified atom stereocenters. The lowest BCUT2D eigenvalue weighted by atomic mass is 9.85. The van der Waals surface area contributed by atoms with Crippen LogP contribution in [0.2, 0.25) is 0 Å². The Morgan fingerprint density at radius 1 is 1.19 bits per heavy atom. The van der Waals surface area contributed by atoms with Crippen LogP contribution in [0.4, 0.5) is 0 Å². The first-order chi connectivity index (χ1) is 7.79. The number of nitrogens with zero attached hydrogens (tertiary/aromatic N) is 2. The van der Waals surface area contributed by atoms with Gasteiger partial charge in [0.25, 0.3) is 0 Å². The number of rotatable bonds is 4. The van der Waals surface area contributed by atoms with Crippen molar-refractivity contribution in [3.05, 3.63) is 24.3 Å². The number of nitrogens with one attached hydrogen (secondary N) is 1. The molecule has 1 aromatic heterocycles. The van der Waals surface area contributed by atoms with Crippen LogP contribution in [0.5, 0.6) is 0 Å². The summed E-state index contributed by atoms with van der Waals surface area (Å²) < 4.78 is 0. The molecule has 4 heteroatoms. The van der Waals surface area contributed by atoms with Crippen molar-refractivity contribution in [3.8, 4) is 0 Å². The molecule has 0 bridgehead atoms. The Morgan fingerprint density at radius 2 is 1.88 bits per heavy atom. The van der Waals surface area contributed by atoms with E-state index in [0.29, 0.717) is 13.1 Å². The van der Waals surface area contributed by atoms with E-state index in [-0.39, 0.29) is 0 Å². The first kappa shape index (κ1) is 11.5. The van der Waals surface area contributed by atoms with E-state index in [0.717, 1.165) is 31.5 Å². The van der Waals surface area contributed by atoms with Gasteiger partial charge in [-0.3, -0.25) is 0 Å². The zero-order valence-corrected chi connectivity index (χ0v) is 9.52. The molecular formula is C12H19N3O. The summed E-state index contributed by atoms with van der Waals surface area (Å²) in [5, 5.41) is 13.5. The molecule has 1 saturated carbocycles. The smallest absolute Gasteiger partial charge is 0.141 e. The monoisotopic (exact) mass is 221 g/mol. The Balaban J connectivity index is 1.75. The zero-order chi connectivity index (χ0) is 11.3. The number of aromatic nitrogens is 2. The van der Waals surface area contributed by atoms with Gasteiger partial charge < -0.3 is 10.4 Å². The highest BCUT2D eigenvalue weighted by Crippen LogP contribution is 2.27. The summed E-state index contributed by atoms with van der Waals surface area (Å²) in [4.78, 5) is 8.26. The predicted octanol–water partition coefficient (Wildman–Crippen LogP) is 1.26. The molecule has 1 aliphatic rings. The Labute approximate surface area is 96.1 Å². The van der Waals surface area contributed by atoms with Gasteiger partial charge in [0, 0.05) is 18.9 Å². The maximum Gasteiger partial charge on any atom is 0.141 e. The van der Waals surface area contributed by atoms with Crippen molar-refractivity contribution in [1.29, 1.82) is 0 Å². The molecule has 1 aliphatic carbocycles. The van der Waals surface area contributed by atoms with Crippen LogP contribution < -0.4 is 5.32 Å². The SMILES string of the molecule is OC1(CNCc2ncccn2)CCCCC1. The molecule has 16 heavy (non-hydrogen) atoms. The topological polar surface area (TPSA) is 58.0 Å². The number of hydrogen-bond acceptors (Lipinski definition) is 4. The molecule has 0 amide bonds. The summed E-state index contributed by atoms with van der Waals surface area (Å²) in [5.41, 5.74) is -0.507. The standard InChI is InChI=1S/C12H19N3O/c16-12(5-2-1-3-6-12)10-13-9-11-14-7-4-8-15-11/h4,7-8,13,16H,1-3,5-6,9-10H2. The van der Waals surface area contributed by atoms with Crippen molar-refractivity contribution in [2.45, 2.75) is 44.2 Å². The van der Waals surface area contributed by atoms with Gasteiger partial charge >= 0.3 is 0 Å². The Kier molecular flexibility index (Phi) is 3.85. The molecule has 0 radical (unpaired) electrons. The van der Waals surface area contributed by atoms with Gasteiger partial charge in [-0.15, -0.1) is 0 Å². The fourth-order valence-corrected chi connectivity index (χ4v) is 2.21. The second-order valence-corrected chi connectivity index (χ2v) is 4.55. The van der Waals surface area contributed by atoms with Crippen molar-refractivity contribution in [3.63, 3.8) is 0 Å². The van der Waals surface area contributed by atoms with Crippen molar-refractivity contribution in [1.82, 2.24) is 15.3 Å². The van der Waals surface area contributed by atoms with Crippen LogP contribution in [0.3, 0.4) is 0 Å². The van der Waals surface area contributed by atoms with E-state index in [1.54, 1.807) is 18.5 Å². The van der Waals surface area contributed by atoms with Crippen LogP contribution in [-0.4, -0.2) is 27.2 Å². The fraction of sp³-hybridized carbons (Fsp3) is 0.667. The molecule has 2 rings (SSSR count). The third kappa shape index (κ3) is 3.25. The lowest BCUT2D eigenvalue weighted by Crippen LogP contribution is -2.42. The van der Waals surface area contributed by atoms with E-state index in [9.17, 15) is 5.11 Å². The largest absolute Gasteiger partial charge is 0.389 e. The zero-order valence-electron chi connectivity index (χ0n) is 9.52. The van der Waals surface area contributed by atoms with Gasteiger partial charge in [-0.1, -0.05) is 19.3 Å². The minimum Gasteiger partial charge on any atom is -0.389 e. The highest BCUT2D eigenvalue weighted by Gasteiger charge is 2.28. The number of aliphatic hydroxyl groups is 1. The molecule has 4 nitrogen and oxygen atoms in total. The summed E-state index contributed by atoms with van der Waals surface area (Å²) in [6, 6.07) is 1.80. The molecule has 2 N–H and O–H groups in total.